The van der Waals surface area contributed by atoms with Crippen molar-refractivity contribution < 1.29 is 24.3 Å². The Morgan fingerprint density at radius 1 is 1.44 bits per heavy atom. The van der Waals surface area contributed by atoms with E-state index in [0.717, 1.165) is 0 Å². The van der Waals surface area contributed by atoms with E-state index in [9.17, 15) is 14.5 Å². The molecule has 1 aliphatic rings. The molecule has 0 spiro atoms. The van der Waals surface area contributed by atoms with Crippen molar-refractivity contribution in [2.45, 2.75) is 19.3 Å². The van der Waals surface area contributed by atoms with Crippen molar-refractivity contribution in [2.24, 2.45) is 17.2 Å². The van der Waals surface area contributed by atoms with Gasteiger partial charge < -0.3 is 9.84 Å². The standard InChI is InChI=1S/C9H13NO6/c11-8(16-10-14)5-7(9(12)13)6-1-3-15-4-2-6/h6-7H,1-5H2,(H,12,13). The molecule has 1 heterocycles. The molecule has 16 heavy (non-hydrogen) atoms. The van der Waals surface area contributed by atoms with Gasteiger partial charge in [0.15, 0.2) is 5.34 Å². The van der Waals surface area contributed by atoms with Crippen LogP contribution in [0.1, 0.15) is 19.3 Å². The maximum Gasteiger partial charge on any atom is 0.339 e. The van der Waals surface area contributed by atoms with Gasteiger partial charge in [0, 0.05) is 13.2 Å². The molecule has 1 rings (SSSR count). The summed E-state index contributed by atoms with van der Waals surface area (Å²) in [7, 11) is 0. The van der Waals surface area contributed by atoms with Gasteiger partial charge in [0.05, 0.1) is 12.3 Å². The molecule has 0 aromatic carbocycles. The molecule has 1 N–H and O–H groups in total. The molecule has 0 saturated carbocycles. The Morgan fingerprint density at radius 3 is 2.56 bits per heavy atom. The third-order valence-corrected chi connectivity index (χ3v) is 2.68. The number of carbonyl (C=O) groups is 2. The van der Waals surface area contributed by atoms with E-state index in [1.54, 1.807) is 0 Å². The molecular formula is C9H13NO6. The van der Waals surface area contributed by atoms with Crippen molar-refractivity contribution in [3.05, 3.63) is 4.91 Å². The Kier molecular flexibility index (Phi) is 4.84. The zero-order valence-corrected chi connectivity index (χ0v) is 8.63. The second kappa shape index (κ2) is 6.16. The molecule has 7 heteroatoms. The number of hydrogen-bond donors (Lipinski definition) is 1. The van der Waals surface area contributed by atoms with Gasteiger partial charge in [-0.05, 0) is 18.8 Å². The van der Waals surface area contributed by atoms with Crippen LogP contribution in [0.4, 0.5) is 0 Å². The minimum Gasteiger partial charge on any atom is -0.481 e. The summed E-state index contributed by atoms with van der Waals surface area (Å²) in [5.41, 5.74) is 0. The summed E-state index contributed by atoms with van der Waals surface area (Å²) in [5.74, 6) is -2.92. The zero-order valence-electron chi connectivity index (χ0n) is 8.63. The summed E-state index contributed by atoms with van der Waals surface area (Å²) >= 11 is 0. The van der Waals surface area contributed by atoms with Gasteiger partial charge >= 0.3 is 11.9 Å². The van der Waals surface area contributed by atoms with Gasteiger partial charge in [0.2, 0.25) is 0 Å². The van der Waals surface area contributed by atoms with Gasteiger partial charge in [0.1, 0.15) is 0 Å². The molecule has 1 fully saturated rings. The number of rotatable bonds is 5. The van der Waals surface area contributed by atoms with Crippen LogP contribution in [0.25, 0.3) is 0 Å². The van der Waals surface area contributed by atoms with Crippen LogP contribution in [0, 0.1) is 16.7 Å². The quantitative estimate of drug-likeness (QED) is 0.552. The van der Waals surface area contributed by atoms with Gasteiger partial charge in [-0.3, -0.25) is 9.63 Å². The van der Waals surface area contributed by atoms with E-state index in [4.69, 9.17) is 9.84 Å². The van der Waals surface area contributed by atoms with Crippen molar-refractivity contribution in [1.29, 1.82) is 0 Å². The topological polar surface area (TPSA) is 102 Å². The fraction of sp³-hybridized carbons (Fsp3) is 0.778. The Hall–Kier alpha value is -1.50. The van der Waals surface area contributed by atoms with Crippen molar-refractivity contribution >= 4 is 11.9 Å². The molecule has 7 nitrogen and oxygen atoms in total. The smallest absolute Gasteiger partial charge is 0.339 e. The SMILES string of the molecule is O=NOC(=O)CC(C(=O)O)C1CCOCC1. The van der Waals surface area contributed by atoms with Crippen molar-refractivity contribution in [1.82, 2.24) is 0 Å². The number of carbonyl (C=O) groups excluding carboxylic acids is 1. The highest BCUT2D eigenvalue weighted by molar-refractivity contribution is 5.78. The summed E-state index contributed by atoms with van der Waals surface area (Å²) in [5, 5.41) is 11.0. The normalized spacial score (nSPS) is 18.8. The molecule has 1 atom stereocenters. The molecule has 1 unspecified atom stereocenters. The van der Waals surface area contributed by atoms with E-state index in [2.05, 4.69) is 4.84 Å². The Labute approximate surface area is 91.6 Å². The first kappa shape index (κ1) is 12.6. The highest BCUT2D eigenvalue weighted by Gasteiger charge is 2.32. The highest BCUT2D eigenvalue weighted by Crippen LogP contribution is 2.26. The molecule has 1 aliphatic heterocycles. The van der Waals surface area contributed by atoms with Crippen LogP contribution < -0.4 is 0 Å². The Morgan fingerprint density at radius 2 is 2.06 bits per heavy atom. The van der Waals surface area contributed by atoms with Crippen LogP contribution in [-0.4, -0.2) is 30.3 Å². The summed E-state index contributed by atoms with van der Waals surface area (Å²) in [4.78, 5) is 35.5. The number of carboxylic acid groups (broad SMARTS) is 1. The van der Waals surface area contributed by atoms with E-state index in [1.807, 2.05) is 5.34 Å². The molecule has 0 aliphatic carbocycles. The summed E-state index contributed by atoms with van der Waals surface area (Å²) in [6.07, 6.45) is 0.864. The molecule has 0 radical (unpaired) electrons. The van der Waals surface area contributed by atoms with E-state index in [-0.39, 0.29) is 12.3 Å². The van der Waals surface area contributed by atoms with Crippen LogP contribution in [0.5, 0.6) is 0 Å². The molecule has 0 aromatic rings. The average molecular weight is 231 g/mol. The van der Waals surface area contributed by atoms with E-state index >= 15 is 0 Å². The fourth-order valence-corrected chi connectivity index (χ4v) is 1.83. The lowest BCUT2D eigenvalue weighted by molar-refractivity contribution is -0.154. The number of ether oxygens (including phenoxy) is 1. The molecule has 0 aromatic heterocycles. The molecule has 90 valence electrons. The lowest BCUT2D eigenvalue weighted by atomic mass is 9.84. The lowest BCUT2D eigenvalue weighted by Crippen LogP contribution is -2.31. The fourth-order valence-electron chi connectivity index (χ4n) is 1.83. The first-order chi connectivity index (χ1) is 7.65. The average Bonchev–Trinajstić information content (AvgIpc) is 2.27. The van der Waals surface area contributed by atoms with Crippen LogP contribution in [-0.2, 0) is 19.2 Å². The van der Waals surface area contributed by atoms with Crippen LogP contribution >= 0.6 is 0 Å². The second-order valence-electron chi connectivity index (χ2n) is 3.64. The van der Waals surface area contributed by atoms with Crippen LogP contribution in [0.15, 0.2) is 5.34 Å². The van der Waals surface area contributed by atoms with E-state index < -0.39 is 17.9 Å². The first-order valence-electron chi connectivity index (χ1n) is 4.98. The van der Waals surface area contributed by atoms with Crippen molar-refractivity contribution in [3.63, 3.8) is 0 Å². The predicted octanol–water partition coefficient (Wildman–Crippen LogP) is 0.728. The maximum atomic E-state index is 11.0. The summed E-state index contributed by atoms with van der Waals surface area (Å²) in [6.45, 7) is 0.991. The number of carboxylic acids is 1. The minimum absolute atomic E-state index is 0.120. The second-order valence-corrected chi connectivity index (χ2v) is 3.64. The first-order valence-corrected chi connectivity index (χ1v) is 4.98. The van der Waals surface area contributed by atoms with Crippen LogP contribution in [0.2, 0.25) is 0 Å². The lowest BCUT2D eigenvalue weighted by Gasteiger charge is -2.26. The van der Waals surface area contributed by atoms with Gasteiger partial charge in [-0.15, -0.1) is 4.91 Å². The van der Waals surface area contributed by atoms with Gasteiger partial charge in [-0.1, -0.05) is 0 Å². The number of nitrogens with zero attached hydrogens (tertiary/aromatic N) is 1. The van der Waals surface area contributed by atoms with Crippen molar-refractivity contribution in [2.75, 3.05) is 13.2 Å². The van der Waals surface area contributed by atoms with Crippen LogP contribution in [0.3, 0.4) is 0 Å². The number of aliphatic carboxylic acids is 1. The number of hydrogen-bond acceptors (Lipinski definition) is 6. The highest BCUT2D eigenvalue weighted by atomic mass is 16.7. The zero-order chi connectivity index (χ0) is 12.0. The summed E-state index contributed by atoms with van der Waals surface area (Å²) in [6, 6.07) is 0. The maximum absolute atomic E-state index is 11.0. The predicted molar refractivity (Wildman–Crippen MR) is 51.2 cm³/mol. The van der Waals surface area contributed by atoms with Gasteiger partial charge in [0.25, 0.3) is 0 Å². The van der Waals surface area contributed by atoms with E-state index in [0.29, 0.717) is 26.1 Å². The van der Waals surface area contributed by atoms with E-state index in [1.165, 1.54) is 0 Å². The van der Waals surface area contributed by atoms with Gasteiger partial charge in [-0.2, -0.15) is 0 Å². The van der Waals surface area contributed by atoms with Crippen molar-refractivity contribution in [3.8, 4) is 0 Å². The molecule has 0 amide bonds. The Balaban J connectivity index is 2.55. The monoisotopic (exact) mass is 231 g/mol. The molecular weight excluding hydrogens is 218 g/mol. The minimum atomic E-state index is -1.06. The third kappa shape index (κ3) is 3.58. The molecule has 0 bridgehead atoms. The largest absolute Gasteiger partial charge is 0.481 e. The van der Waals surface area contributed by atoms with Gasteiger partial charge in [-0.25, -0.2) is 4.79 Å². The third-order valence-electron chi connectivity index (χ3n) is 2.68. The molecule has 1 saturated heterocycles. The summed E-state index contributed by atoms with van der Waals surface area (Å²) < 4.78 is 5.10. The Bertz CT molecular complexity index is 273.